The Bertz CT molecular complexity index is 714. The summed E-state index contributed by atoms with van der Waals surface area (Å²) < 4.78 is 5.47. The third-order valence-electron chi connectivity index (χ3n) is 4.86. The zero-order chi connectivity index (χ0) is 18.4. The van der Waals surface area contributed by atoms with Crippen LogP contribution in [0.5, 0.6) is 5.75 Å². The number of rotatable bonds is 7. The summed E-state index contributed by atoms with van der Waals surface area (Å²) in [4.78, 5) is 17.0. The van der Waals surface area contributed by atoms with Crippen molar-refractivity contribution in [3.8, 4) is 16.3 Å². The molecule has 0 spiro atoms. The number of nitrogens with one attached hydrogen (secondary N) is 1. The molecule has 140 valence electrons. The Balaban J connectivity index is 1.58. The molecule has 0 bridgehead atoms. The lowest BCUT2D eigenvalue weighted by molar-refractivity contribution is -0.121. The van der Waals surface area contributed by atoms with Gasteiger partial charge in [0.15, 0.2) is 0 Å². The fraction of sp³-hybridized carbons (Fsp3) is 0.500. The number of hydrogen-bond donors (Lipinski definition) is 2. The van der Waals surface area contributed by atoms with E-state index in [1.807, 2.05) is 36.6 Å². The molecule has 2 aromatic rings. The minimum absolute atomic E-state index is 0.0406. The molecule has 1 aromatic heterocycles. The summed E-state index contributed by atoms with van der Waals surface area (Å²) >= 11 is 1.56. The van der Waals surface area contributed by atoms with Crippen LogP contribution in [0.25, 0.3) is 10.6 Å². The minimum Gasteiger partial charge on any atom is -0.494 e. The quantitative estimate of drug-likeness (QED) is 0.780. The predicted octanol–water partition coefficient (Wildman–Crippen LogP) is 3.39. The zero-order valence-corrected chi connectivity index (χ0v) is 16.1. The lowest BCUT2D eigenvalue weighted by Gasteiger charge is -2.31. The van der Waals surface area contributed by atoms with Gasteiger partial charge in [0.2, 0.25) is 5.91 Å². The minimum atomic E-state index is 0.0406. The Morgan fingerprint density at radius 2 is 2.08 bits per heavy atom. The number of benzene rings is 1. The van der Waals surface area contributed by atoms with Crippen molar-refractivity contribution < 1.29 is 9.53 Å². The van der Waals surface area contributed by atoms with Crippen LogP contribution in [0, 0.1) is 5.92 Å². The van der Waals surface area contributed by atoms with Gasteiger partial charge >= 0.3 is 0 Å². The molecule has 1 aliphatic carbocycles. The second-order valence-electron chi connectivity index (χ2n) is 6.73. The first-order chi connectivity index (χ1) is 12.7. The van der Waals surface area contributed by atoms with Gasteiger partial charge in [-0.25, -0.2) is 4.98 Å². The van der Waals surface area contributed by atoms with Gasteiger partial charge in [-0.1, -0.05) is 12.8 Å². The molecular formula is C20H27N3O2S. The molecule has 1 heterocycles. The maximum Gasteiger partial charge on any atom is 0.226 e. The van der Waals surface area contributed by atoms with E-state index < -0.39 is 0 Å². The first-order valence-electron chi connectivity index (χ1n) is 9.36. The second kappa shape index (κ2) is 9.14. The lowest BCUT2D eigenvalue weighted by atomic mass is 9.84. The lowest BCUT2D eigenvalue weighted by Crippen LogP contribution is -2.45. The van der Waals surface area contributed by atoms with Gasteiger partial charge in [-0.15, -0.1) is 11.3 Å². The van der Waals surface area contributed by atoms with Crippen molar-refractivity contribution >= 4 is 17.2 Å². The zero-order valence-electron chi connectivity index (χ0n) is 15.2. The van der Waals surface area contributed by atoms with Crippen LogP contribution in [0.2, 0.25) is 0 Å². The standard InChI is InChI=1S/C20H27N3O2S/c1-2-25-17-9-7-14(8-10-17)20-22-16(13-26-20)11-19(24)23-18-6-4-3-5-15(18)12-21/h7-10,13,15,18H,2-6,11-12,21H2,1H3,(H,23,24). The van der Waals surface area contributed by atoms with Gasteiger partial charge < -0.3 is 15.8 Å². The molecule has 0 radical (unpaired) electrons. The normalized spacial score (nSPS) is 19.9. The predicted molar refractivity (Wildman–Crippen MR) is 105 cm³/mol. The highest BCUT2D eigenvalue weighted by atomic mass is 32.1. The van der Waals surface area contributed by atoms with Crippen LogP contribution in [0.1, 0.15) is 38.3 Å². The maximum absolute atomic E-state index is 12.4. The summed E-state index contributed by atoms with van der Waals surface area (Å²) in [6.45, 7) is 3.26. The highest BCUT2D eigenvalue weighted by Gasteiger charge is 2.25. The van der Waals surface area contributed by atoms with Gasteiger partial charge in [0.25, 0.3) is 0 Å². The van der Waals surface area contributed by atoms with Gasteiger partial charge in [-0.3, -0.25) is 4.79 Å². The summed E-state index contributed by atoms with van der Waals surface area (Å²) in [5, 5.41) is 6.06. The number of nitrogens with two attached hydrogens (primary N) is 1. The SMILES string of the molecule is CCOc1ccc(-c2nc(CC(=O)NC3CCCCC3CN)cs2)cc1. The van der Waals surface area contributed by atoms with Crippen LogP contribution in [0.3, 0.4) is 0 Å². The maximum atomic E-state index is 12.4. The fourth-order valence-corrected chi connectivity index (χ4v) is 4.31. The molecule has 1 fully saturated rings. The number of aromatic nitrogens is 1. The molecule has 0 aliphatic heterocycles. The van der Waals surface area contributed by atoms with Crippen molar-refractivity contribution in [1.82, 2.24) is 10.3 Å². The first-order valence-corrected chi connectivity index (χ1v) is 10.2. The highest BCUT2D eigenvalue weighted by Crippen LogP contribution is 2.26. The van der Waals surface area contributed by atoms with E-state index in [1.165, 1.54) is 12.8 Å². The van der Waals surface area contributed by atoms with E-state index in [-0.39, 0.29) is 11.9 Å². The van der Waals surface area contributed by atoms with Gasteiger partial charge in [0.05, 0.1) is 18.7 Å². The molecular weight excluding hydrogens is 346 g/mol. The molecule has 5 nitrogen and oxygen atoms in total. The third-order valence-corrected chi connectivity index (χ3v) is 5.80. The van der Waals surface area contributed by atoms with Crippen molar-refractivity contribution in [1.29, 1.82) is 0 Å². The number of amides is 1. The Morgan fingerprint density at radius 1 is 1.31 bits per heavy atom. The highest BCUT2D eigenvalue weighted by molar-refractivity contribution is 7.13. The summed E-state index contributed by atoms with van der Waals surface area (Å²) in [5.74, 6) is 1.30. The van der Waals surface area contributed by atoms with Crippen LogP contribution >= 0.6 is 11.3 Å². The summed E-state index contributed by atoms with van der Waals surface area (Å²) in [6.07, 6.45) is 4.84. The van der Waals surface area contributed by atoms with Gasteiger partial charge in [0, 0.05) is 17.0 Å². The average molecular weight is 374 g/mol. The summed E-state index contributed by atoms with van der Waals surface area (Å²) in [5.41, 5.74) is 7.71. The molecule has 0 saturated heterocycles. The van der Waals surface area contributed by atoms with Crippen molar-refractivity contribution in [2.45, 2.75) is 45.1 Å². The van der Waals surface area contributed by atoms with Crippen LogP contribution in [-0.4, -0.2) is 30.1 Å². The van der Waals surface area contributed by atoms with Crippen molar-refractivity contribution in [2.24, 2.45) is 11.7 Å². The molecule has 1 amide bonds. The van der Waals surface area contributed by atoms with E-state index in [2.05, 4.69) is 10.3 Å². The van der Waals surface area contributed by atoms with Crippen molar-refractivity contribution in [3.63, 3.8) is 0 Å². The van der Waals surface area contributed by atoms with Crippen LogP contribution in [0.15, 0.2) is 29.6 Å². The van der Waals surface area contributed by atoms with E-state index in [0.29, 0.717) is 25.5 Å². The van der Waals surface area contributed by atoms with Gasteiger partial charge in [0.1, 0.15) is 10.8 Å². The molecule has 3 rings (SSSR count). The molecule has 3 N–H and O–H groups in total. The van der Waals surface area contributed by atoms with Gasteiger partial charge in [-0.05, 0) is 56.5 Å². The largest absolute Gasteiger partial charge is 0.494 e. The first kappa shape index (κ1) is 18.9. The second-order valence-corrected chi connectivity index (χ2v) is 7.59. The van der Waals surface area contributed by atoms with Crippen LogP contribution in [0.4, 0.5) is 0 Å². The molecule has 1 aliphatic rings. The topological polar surface area (TPSA) is 77.2 Å². The van der Waals surface area contributed by atoms with E-state index in [4.69, 9.17) is 10.5 Å². The third kappa shape index (κ3) is 4.83. The van der Waals surface area contributed by atoms with Gasteiger partial charge in [-0.2, -0.15) is 0 Å². The Morgan fingerprint density at radius 3 is 2.81 bits per heavy atom. The number of ether oxygens (including phenoxy) is 1. The molecule has 1 saturated carbocycles. The number of hydrogen-bond acceptors (Lipinski definition) is 5. The smallest absolute Gasteiger partial charge is 0.226 e. The summed E-state index contributed by atoms with van der Waals surface area (Å²) in [6, 6.07) is 8.11. The monoisotopic (exact) mass is 373 g/mol. The Kier molecular flexibility index (Phi) is 6.63. The van der Waals surface area contributed by atoms with E-state index in [0.717, 1.165) is 34.9 Å². The Hall–Kier alpha value is -1.92. The van der Waals surface area contributed by atoms with E-state index >= 15 is 0 Å². The number of carbonyl (C=O) groups is 1. The van der Waals surface area contributed by atoms with E-state index in [9.17, 15) is 4.79 Å². The van der Waals surface area contributed by atoms with Crippen LogP contribution < -0.4 is 15.8 Å². The molecule has 1 aromatic carbocycles. The average Bonchev–Trinajstić information content (AvgIpc) is 3.11. The van der Waals surface area contributed by atoms with Crippen molar-refractivity contribution in [2.75, 3.05) is 13.2 Å². The van der Waals surface area contributed by atoms with Crippen molar-refractivity contribution in [3.05, 3.63) is 35.3 Å². The molecule has 2 unspecified atom stereocenters. The molecule has 6 heteroatoms. The van der Waals surface area contributed by atoms with E-state index in [1.54, 1.807) is 11.3 Å². The summed E-state index contributed by atoms with van der Waals surface area (Å²) in [7, 11) is 0. The van der Waals surface area contributed by atoms with Crippen LogP contribution in [-0.2, 0) is 11.2 Å². The molecule has 2 atom stereocenters. The number of nitrogens with zero attached hydrogens (tertiary/aromatic N) is 1. The Labute approximate surface area is 159 Å². The number of thiazole rings is 1. The fourth-order valence-electron chi connectivity index (χ4n) is 3.48. The molecule has 26 heavy (non-hydrogen) atoms. The number of carbonyl (C=O) groups excluding carboxylic acids is 1.